The molecule has 24 heavy (non-hydrogen) atoms. The van der Waals surface area contributed by atoms with E-state index in [2.05, 4.69) is 88.2 Å². The van der Waals surface area contributed by atoms with Crippen LogP contribution in [-0.2, 0) is 7.05 Å². The molecule has 4 heteroatoms. The van der Waals surface area contributed by atoms with E-state index in [4.69, 9.17) is 0 Å². The molecule has 0 saturated heterocycles. The standard InChI is InChI=1S/C20H17N4/c1-14-5-3-4-6-17(14)19-18-8-7-16(20-22-12-21-13-23-20)11-15(18)9-10-24(19)2/h3-13H,1-2H3/q+1. The fourth-order valence-electron chi connectivity index (χ4n) is 3.07. The third kappa shape index (κ3) is 2.42. The van der Waals surface area contributed by atoms with Gasteiger partial charge in [0.15, 0.2) is 12.0 Å². The van der Waals surface area contributed by atoms with Crippen LogP contribution in [0.1, 0.15) is 5.56 Å². The van der Waals surface area contributed by atoms with Crippen LogP contribution in [0, 0.1) is 6.92 Å². The van der Waals surface area contributed by atoms with Gasteiger partial charge in [0.05, 0.1) is 5.39 Å². The van der Waals surface area contributed by atoms with Gasteiger partial charge in [-0.3, -0.25) is 0 Å². The van der Waals surface area contributed by atoms with Crippen LogP contribution in [0.25, 0.3) is 33.4 Å². The highest BCUT2D eigenvalue weighted by molar-refractivity contribution is 5.95. The summed E-state index contributed by atoms with van der Waals surface area (Å²) in [6, 6.07) is 16.9. The molecule has 0 amide bonds. The molecule has 2 heterocycles. The summed E-state index contributed by atoms with van der Waals surface area (Å²) in [5, 5.41) is 2.39. The Morgan fingerprint density at radius 1 is 0.917 bits per heavy atom. The normalized spacial score (nSPS) is 10.9. The highest BCUT2D eigenvalue weighted by Crippen LogP contribution is 2.29. The number of hydrogen-bond donors (Lipinski definition) is 0. The average Bonchev–Trinajstić information content (AvgIpc) is 2.63. The third-order valence-corrected chi connectivity index (χ3v) is 4.29. The summed E-state index contributed by atoms with van der Waals surface area (Å²) >= 11 is 0. The van der Waals surface area contributed by atoms with Crippen molar-refractivity contribution in [3.8, 4) is 22.6 Å². The molecule has 2 aromatic carbocycles. The molecule has 0 N–H and O–H groups in total. The van der Waals surface area contributed by atoms with Crippen molar-refractivity contribution in [1.82, 2.24) is 15.0 Å². The second kappa shape index (κ2) is 5.81. The highest BCUT2D eigenvalue weighted by Gasteiger charge is 2.17. The first kappa shape index (κ1) is 14.5. The van der Waals surface area contributed by atoms with Gasteiger partial charge in [-0.1, -0.05) is 24.3 Å². The van der Waals surface area contributed by atoms with Gasteiger partial charge in [0.1, 0.15) is 19.7 Å². The van der Waals surface area contributed by atoms with Gasteiger partial charge in [-0.2, -0.15) is 0 Å². The Morgan fingerprint density at radius 2 is 1.71 bits per heavy atom. The van der Waals surface area contributed by atoms with Gasteiger partial charge < -0.3 is 0 Å². The number of aromatic nitrogens is 4. The van der Waals surface area contributed by atoms with Crippen molar-refractivity contribution in [2.75, 3.05) is 0 Å². The lowest BCUT2D eigenvalue weighted by Crippen LogP contribution is -2.30. The smallest absolute Gasteiger partial charge is 0.220 e. The van der Waals surface area contributed by atoms with Crippen LogP contribution in [0.5, 0.6) is 0 Å². The molecule has 116 valence electrons. The number of rotatable bonds is 2. The van der Waals surface area contributed by atoms with Crippen LogP contribution in [-0.4, -0.2) is 15.0 Å². The van der Waals surface area contributed by atoms with Crippen molar-refractivity contribution < 1.29 is 4.57 Å². The van der Waals surface area contributed by atoms with Gasteiger partial charge in [-0.05, 0) is 36.1 Å². The summed E-state index contributed by atoms with van der Waals surface area (Å²) < 4.78 is 2.17. The summed E-state index contributed by atoms with van der Waals surface area (Å²) in [5.41, 5.74) is 4.72. The minimum atomic E-state index is 0.692. The van der Waals surface area contributed by atoms with E-state index >= 15 is 0 Å². The zero-order valence-electron chi connectivity index (χ0n) is 13.6. The van der Waals surface area contributed by atoms with E-state index in [1.165, 1.54) is 40.2 Å². The molecular formula is C20H17N4+. The predicted octanol–water partition coefficient (Wildman–Crippen LogP) is 3.49. The van der Waals surface area contributed by atoms with Crippen LogP contribution in [0.3, 0.4) is 0 Å². The van der Waals surface area contributed by atoms with Crippen LogP contribution in [0.4, 0.5) is 0 Å². The zero-order chi connectivity index (χ0) is 16.5. The fourth-order valence-corrected chi connectivity index (χ4v) is 3.07. The number of nitrogens with zero attached hydrogens (tertiary/aromatic N) is 4. The molecule has 4 rings (SSSR count). The van der Waals surface area contributed by atoms with Gasteiger partial charge in [-0.25, -0.2) is 19.5 Å². The van der Waals surface area contributed by atoms with Crippen molar-refractivity contribution in [3.05, 3.63) is 72.9 Å². The Balaban J connectivity index is 1.96. The van der Waals surface area contributed by atoms with Crippen LogP contribution >= 0.6 is 0 Å². The van der Waals surface area contributed by atoms with E-state index in [9.17, 15) is 0 Å². The Labute approximate surface area is 140 Å². The van der Waals surface area contributed by atoms with Gasteiger partial charge in [0.2, 0.25) is 5.69 Å². The van der Waals surface area contributed by atoms with E-state index in [-0.39, 0.29) is 0 Å². The van der Waals surface area contributed by atoms with E-state index < -0.39 is 0 Å². The summed E-state index contributed by atoms with van der Waals surface area (Å²) in [5.74, 6) is 0.692. The second-order valence-electron chi connectivity index (χ2n) is 5.85. The van der Waals surface area contributed by atoms with E-state index in [0.717, 1.165) is 5.56 Å². The van der Waals surface area contributed by atoms with Crippen molar-refractivity contribution in [2.45, 2.75) is 6.92 Å². The Kier molecular flexibility index (Phi) is 3.50. The number of aryl methyl sites for hydroxylation is 2. The van der Waals surface area contributed by atoms with Crippen LogP contribution in [0.15, 0.2) is 67.4 Å². The average molecular weight is 313 g/mol. The molecule has 0 aliphatic rings. The number of pyridine rings is 1. The Morgan fingerprint density at radius 3 is 2.50 bits per heavy atom. The summed E-state index contributed by atoms with van der Waals surface area (Å²) in [4.78, 5) is 12.4. The van der Waals surface area contributed by atoms with Crippen molar-refractivity contribution in [1.29, 1.82) is 0 Å². The van der Waals surface area contributed by atoms with Crippen molar-refractivity contribution in [2.24, 2.45) is 7.05 Å². The molecular weight excluding hydrogens is 296 g/mol. The Bertz CT molecular complexity index is 1030. The molecule has 0 saturated carbocycles. The lowest BCUT2D eigenvalue weighted by molar-refractivity contribution is -0.659. The topological polar surface area (TPSA) is 42.6 Å². The molecule has 0 spiro atoms. The lowest BCUT2D eigenvalue weighted by atomic mass is 9.98. The Hall–Kier alpha value is -3.14. The van der Waals surface area contributed by atoms with E-state index in [1.807, 2.05) is 0 Å². The molecule has 0 aliphatic carbocycles. The maximum Gasteiger partial charge on any atom is 0.220 e. The molecule has 0 radical (unpaired) electrons. The van der Waals surface area contributed by atoms with Gasteiger partial charge in [-0.15, -0.1) is 0 Å². The minimum absolute atomic E-state index is 0.692. The zero-order valence-corrected chi connectivity index (χ0v) is 13.6. The first-order valence-electron chi connectivity index (χ1n) is 7.85. The third-order valence-electron chi connectivity index (χ3n) is 4.29. The monoisotopic (exact) mass is 313 g/mol. The summed E-state index contributed by atoms with van der Waals surface area (Å²) in [6.45, 7) is 2.15. The van der Waals surface area contributed by atoms with Crippen molar-refractivity contribution in [3.63, 3.8) is 0 Å². The van der Waals surface area contributed by atoms with Crippen molar-refractivity contribution >= 4 is 10.8 Å². The number of fused-ring (bicyclic) bond motifs is 1. The molecule has 2 aromatic heterocycles. The quantitative estimate of drug-likeness (QED) is 0.532. The first-order valence-corrected chi connectivity index (χ1v) is 7.85. The lowest BCUT2D eigenvalue weighted by Gasteiger charge is -2.08. The van der Waals surface area contributed by atoms with Crippen LogP contribution < -0.4 is 4.57 Å². The molecule has 0 aliphatic heterocycles. The predicted molar refractivity (Wildman–Crippen MR) is 94.1 cm³/mol. The highest BCUT2D eigenvalue weighted by atomic mass is 15.0. The maximum atomic E-state index is 4.24. The van der Waals surface area contributed by atoms with E-state index in [1.54, 1.807) is 0 Å². The van der Waals surface area contributed by atoms with Gasteiger partial charge >= 0.3 is 0 Å². The van der Waals surface area contributed by atoms with Gasteiger partial charge in [0, 0.05) is 17.2 Å². The second-order valence-corrected chi connectivity index (χ2v) is 5.85. The fraction of sp³-hybridized carbons (Fsp3) is 0.100. The van der Waals surface area contributed by atoms with E-state index in [0.29, 0.717) is 5.82 Å². The molecule has 0 fully saturated rings. The van der Waals surface area contributed by atoms with Gasteiger partial charge in [0.25, 0.3) is 0 Å². The molecule has 0 unspecified atom stereocenters. The maximum absolute atomic E-state index is 4.24. The largest absolute Gasteiger partial charge is 0.225 e. The number of hydrogen-bond acceptors (Lipinski definition) is 3. The SMILES string of the molecule is Cc1ccccc1-c1c2ccc(-c3ncncn3)cc2cc[n+]1C. The summed E-state index contributed by atoms with van der Waals surface area (Å²) in [7, 11) is 2.08. The van der Waals surface area contributed by atoms with Crippen LogP contribution in [0.2, 0.25) is 0 Å². The minimum Gasteiger partial charge on any atom is -0.225 e. The molecule has 0 bridgehead atoms. The molecule has 4 nitrogen and oxygen atoms in total. The number of benzene rings is 2. The molecule has 0 atom stereocenters. The summed E-state index contributed by atoms with van der Waals surface area (Å²) in [6.07, 6.45) is 5.15. The molecule has 4 aromatic rings. The first-order chi connectivity index (χ1) is 11.7.